The summed E-state index contributed by atoms with van der Waals surface area (Å²) in [4.78, 5) is 19.4. The van der Waals surface area contributed by atoms with Gasteiger partial charge < -0.3 is 16.8 Å². The number of carbonyl (C=O) groups excluding carboxylic acids is 2. The summed E-state index contributed by atoms with van der Waals surface area (Å²) in [6.07, 6.45) is 1.16. The molecule has 1 aliphatic rings. The average Bonchev–Trinajstić information content (AvgIpc) is 2.63. The van der Waals surface area contributed by atoms with Gasteiger partial charge in [-0.3, -0.25) is 9.59 Å². The molecule has 5 N–H and O–H groups in total. The van der Waals surface area contributed by atoms with Gasteiger partial charge in [0, 0.05) is 28.5 Å². The number of thioether (sulfide) groups is 1. The van der Waals surface area contributed by atoms with Crippen LogP contribution in [0.15, 0.2) is 22.7 Å². The molecule has 0 bridgehead atoms. The maximum Gasteiger partial charge on any atom is 0.285 e. The minimum Gasteiger partial charge on any atom is -0.384 e. The minimum absolute atomic E-state index is 0.287. The van der Waals surface area contributed by atoms with Gasteiger partial charge in [-0.15, -0.1) is 0 Å². The summed E-state index contributed by atoms with van der Waals surface area (Å²) in [5.41, 5.74) is 11.8. The molecule has 1 aromatic carbocycles. The van der Waals surface area contributed by atoms with Crippen LogP contribution in [0.5, 0.6) is 0 Å². The SMILES string of the molecule is Brc1ccc2c(c1)CCN2.NC(=O)SC(N)=O. The van der Waals surface area contributed by atoms with E-state index in [0.717, 1.165) is 13.0 Å². The summed E-state index contributed by atoms with van der Waals surface area (Å²) in [5, 5.41) is 1.76. The van der Waals surface area contributed by atoms with Gasteiger partial charge in [-0.25, -0.2) is 0 Å². The van der Waals surface area contributed by atoms with Gasteiger partial charge in [0.25, 0.3) is 10.5 Å². The van der Waals surface area contributed by atoms with Crippen molar-refractivity contribution >= 4 is 43.9 Å². The Balaban J connectivity index is 0.000000185. The third-order valence-electron chi connectivity index (χ3n) is 1.98. The number of hydrogen-bond acceptors (Lipinski definition) is 4. The van der Waals surface area contributed by atoms with Crippen LogP contribution in [0.25, 0.3) is 0 Å². The smallest absolute Gasteiger partial charge is 0.285 e. The molecular weight excluding hydrogens is 306 g/mol. The number of hydrogen-bond donors (Lipinski definition) is 3. The summed E-state index contributed by atoms with van der Waals surface area (Å²) in [7, 11) is 0. The minimum atomic E-state index is -0.771. The maximum absolute atomic E-state index is 9.69. The highest BCUT2D eigenvalue weighted by molar-refractivity contribution is 9.10. The Morgan fingerprint density at radius 2 is 1.94 bits per heavy atom. The van der Waals surface area contributed by atoms with E-state index in [0.29, 0.717) is 0 Å². The molecule has 5 nitrogen and oxygen atoms in total. The summed E-state index contributed by atoms with van der Waals surface area (Å²) in [6, 6.07) is 6.36. The van der Waals surface area contributed by atoms with E-state index in [9.17, 15) is 9.59 Å². The summed E-state index contributed by atoms with van der Waals surface area (Å²) in [5.74, 6) is 0. The van der Waals surface area contributed by atoms with Crippen LogP contribution in [0, 0.1) is 0 Å². The highest BCUT2D eigenvalue weighted by Gasteiger charge is 2.08. The van der Waals surface area contributed by atoms with Gasteiger partial charge in [-0.2, -0.15) is 0 Å². The molecular formula is C10H12BrN3O2S. The van der Waals surface area contributed by atoms with Crippen molar-refractivity contribution in [1.82, 2.24) is 0 Å². The quantitative estimate of drug-likeness (QED) is 0.683. The lowest BCUT2D eigenvalue weighted by molar-refractivity contribution is 0.264. The van der Waals surface area contributed by atoms with E-state index in [-0.39, 0.29) is 11.8 Å². The van der Waals surface area contributed by atoms with Gasteiger partial charge in [0.1, 0.15) is 0 Å². The number of fused-ring (bicyclic) bond motifs is 1. The van der Waals surface area contributed by atoms with Crippen LogP contribution < -0.4 is 16.8 Å². The lowest BCUT2D eigenvalue weighted by Gasteiger charge is -1.97. The lowest BCUT2D eigenvalue weighted by atomic mass is 10.2. The topological polar surface area (TPSA) is 98.2 Å². The Morgan fingerprint density at radius 1 is 1.29 bits per heavy atom. The van der Waals surface area contributed by atoms with Gasteiger partial charge in [0.2, 0.25) is 0 Å². The Morgan fingerprint density at radius 3 is 2.47 bits per heavy atom. The van der Waals surface area contributed by atoms with Crippen molar-refractivity contribution in [1.29, 1.82) is 0 Å². The van der Waals surface area contributed by atoms with Crippen molar-refractivity contribution in [2.75, 3.05) is 11.9 Å². The van der Waals surface area contributed by atoms with Crippen molar-refractivity contribution in [3.05, 3.63) is 28.2 Å². The Bertz CT molecular complexity index is 428. The summed E-state index contributed by atoms with van der Waals surface area (Å²) < 4.78 is 1.18. The fraction of sp³-hybridized carbons (Fsp3) is 0.200. The molecule has 92 valence electrons. The zero-order valence-electron chi connectivity index (χ0n) is 8.90. The van der Waals surface area contributed by atoms with Gasteiger partial charge in [0.15, 0.2) is 0 Å². The predicted octanol–water partition coefficient (Wildman–Crippen LogP) is 2.29. The lowest BCUT2D eigenvalue weighted by Crippen LogP contribution is -2.11. The van der Waals surface area contributed by atoms with Crippen molar-refractivity contribution in [3.63, 3.8) is 0 Å². The molecule has 0 unspecified atom stereocenters. The number of nitrogens with one attached hydrogen (secondary N) is 1. The van der Waals surface area contributed by atoms with Gasteiger partial charge in [-0.1, -0.05) is 15.9 Å². The first-order valence-corrected chi connectivity index (χ1v) is 6.39. The molecule has 0 saturated carbocycles. The molecule has 17 heavy (non-hydrogen) atoms. The first kappa shape index (κ1) is 13.9. The molecule has 0 spiro atoms. The second kappa shape index (κ2) is 6.51. The molecule has 0 atom stereocenters. The number of amides is 2. The van der Waals surface area contributed by atoms with Gasteiger partial charge in [0.05, 0.1) is 0 Å². The van der Waals surface area contributed by atoms with Crippen LogP contribution in [0.3, 0.4) is 0 Å². The molecule has 0 aromatic heterocycles. The number of benzene rings is 1. The molecule has 0 aliphatic carbocycles. The van der Waals surface area contributed by atoms with E-state index in [1.165, 1.54) is 15.7 Å². The van der Waals surface area contributed by atoms with E-state index in [4.69, 9.17) is 0 Å². The molecule has 2 amide bonds. The zero-order chi connectivity index (χ0) is 12.8. The molecule has 2 rings (SSSR count). The Kier molecular flexibility index (Phi) is 5.30. The zero-order valence-corrected chi connectivity index (χ0v) is 11.3. The van der Waals surface area contributed by atoms with Gasteiger partial charge in [-0.05, 0) is 30.2 Å². The maximum atomic E-state index is 9.69. The average molecular weight is 318 g/mol. The van der Waals surface area contributed by atoms with Crippen LogP contribution in [0.2, 0.25) is 0 Å². The number of rotatable bonds is 0. The van der Waals surface area contributed by atoms with E-state index in [2.05, 4.69) is 50.9 Å². The van der Waals surface area contributed by atoms with E-state index in [1.807, 2.05) is 0 Å². The van der Waals surface area contributed by atoms with E-state index >= 15 is 0 Å². The predicted molar refractivity (Wildman–Crippen MR) is 73.1 cm³/mol. The van der Waals surface area contributed by atoms with Crippen molar-refractivity contribution < 1.29 is 9.59 Å². The number of carbonyl (C=O) groups is 2. The third-order valence-corrected chi connectivity index (χ3v) is 2.87. The Labute approximate surface area is 111 Å². The molecule has 7 heteroatoms. The summed E-state index contributed by atoms with van der Waals surface area (Å²) >= 11 is 3.72. The van der Waals surface area contributed by atoms with Crippen molar-refractivity contribution in [2.45, 2.75) is 6.42 Å². The van der Waals surface area contributed by atoms with Gasteiger partial charge >= 0.3 is 0 Å². The first-order chi connectivity index (χ1) is 7.99. The highest BCUT2D eigenvalue weighted by Crippen LogP contribution is 2.24. The summed E-state index contributed by atoms with van der Waals surface area (Å²) in [6.45, 7) is 1.09. The van der Waals surface area contributed by atoms with Crippen LogP contribution in [-0.2, 0) is 6.42 Å². The third kappa shape index (κ3) is 5.10. The number of anilines is 1. The van der Waals surface area contributed by atoms with Crippen molar-refractivity contribution in [3.8, 4) is 0 Å². The molecule has 0 saturated heterocycles. The van der Waals surface area contributed by atoms with Crippen LogP contribution in [0.4, 0.5) is 15.3 Å². The van der Waals surface area contributed by atoms with Crippen LogP contribution >= 0.6 is 27.7 Å². The molecule has 0 fully saturated rings. The largest absolute Gasteiger partial charge is 0.384 e. The molecule has 1 heterocycles. The first-order valence-electron chi connectivity index (χ1n) is 4.78. The second-order valence-electron chi connectivity index (χ2n) is 3.22. The monoisotopic (exact) mass is 317 g/mol. The van der Waals surface area contributed by atoms with Crippen LogP contribution in [-0.4, -0.2) is 17.0 Å². The molecule has 1 aromatic rings. The normalized spacial score (nSPS) is 11.8. The Hall–Kier alpha value is -1.21. The fourth-order valence-corrected chi connectivity index (χ4v) is 1.98. The van der Waals surface area contributed by atoms with Crippen LogP contribution in [0.1, 0.15) is 5.56 Å². The highest BCUT2D eigenvalue weighted by atomic mass is 79.9. The second-order valence-corrected chi connectivity index (χ2v) is 5.14. The number of halogens is 1. The van der Waals surface area contributed by atoms with Crippen molar-refractivity contribution in [2.24, 2.45) is 11.5 Å². The van der Waals surface area contributed by atoms with E-state index in [1.54, 1.807) is 0 Å². The fourth-order valence-electron chi connectivity index (χ4n) is 1.37. The molecule has 1 aliphatic heterocycles. The standard InChI is InChI=1S/C8H8BrN.C2H4N2O2S/c9-7-1-2-8-6(5-7)3-4-10-8;3-1(5)7-2(4)6/h1-2,5,10H,3-4H2;(H2,3,5)(H2,4,6). The number of primary amides is 2. The van der Waals surface area contributed by atoms with E-state index < -0.39 is 10.5 Å². The molecule has 0 radical (unpaired) electrons. The number of nitrogens with two attached hydrogens (primary N) is 2.